The molecule has 8 rings (SSSR count). The number of carbonyl (C=O) groups excluding carboxylic acids is 6. The summed E-state index contributed by atoms with van der Waals surface area (Å²) >= 11 is 8.59. The number of halogens is 1. The number of hydrogen-bond donors (Lipinski definition) is 10. The zero-order valence-corrected chi connectivity index (χ0v) is 62.2. The molecule has 0 unspecified atom stereocenters. The number of nitro benzene ring substituents is 2. The number of nitrogens with zero attached hydrogens (tertiary/aromatic N) is 3. The molecule has 0 spiro atoms. The van der Waals surface area contributed by atoms with Crippen molar-refractivity contribution in [2.75, 3.05) is 95.3 Å². The molecule has 1 saturated heterocycles. The van der Waals surface area contributed by atoms with Gasteiger partial charge in [-0.15, -0.1) is 0 Å². The average Bonchev–Trinajstić information content (AvgIpc) is 0.712. The number of hydrogen-bond acceptors (Lipinski definition) is 35. The van der Waals surface area contributed by atoms with E-state index >= 15 is 0 Å². The van der Waals surface area contributed by atoms with Crippen LogP contribution >= 0.6 is 111 Å². The Balaban J connectivity index is 0.000000571. The molecule has 0 bridgehead atoms. The van der Waals surface area contributed by atoms with Crippen molar-refractivity contribution >= 4 is 157 Å². The van der Waals surface area contributed by atoms with Gasteiger partial charge in [0.2, 0.25) is 5.78 Å². The number of phenols is 2. The highest BCUT2D eigenvalue weighted by molar-refractivity contribution is 8.77. The van der Waals surface area contributed by atoms with Crippen molar-refractivity contribution in [3.63, 3.8) is 0 Å². The van der Waals surface area contributed by atoms with E-state index in [0.717, 1.165) is 17.9 Å². The van der Waals surface area contributed by atoms with Gasteiger partial charge in [-0.05, 0) is 85.2 Å². The molecule has 1 fully saturated rings. The number of amides is 1. The lowest BCUT2D eigenvalue weighted by molar-refractivity contribution is -0.385. The Morgan fingerprint density at radius 1 is 0.758 bits per heavy atom. The van der Waals surface area contributed by atoms with Gasteiger partial charge in [-0.25, -0.2) is 19.4 Å². The Labute approximate surface area is 611 Å². The number of aliphatic hydroxyl groups excluding tert-OH is 5. The van der Waals surface area contributed by atoms with Gasteiger partial charge < -0.3 is 79.3 Å². The summed E-state index contributed by atoms with van der Waals surface area (Å²) < 4.78 is 36.7. The van der Waals surface area contributed by atoms with E-state index < -0.39 is 123 Å². The normalized spacial score (nSPS) is 17.4. The maximum absolute atomic E-state index is 13.9. The van der Waals surface area contributed by atoms with Crippen LogP contribution in [0.4, 0.5) is 25.8 Å². The second kappa shape index (κ2) is 49.1. The lowest BCUT2D eigenvalue weighted by atomic mass is 9.72. The number of non-ortho nitro benzene ring substituents is 2. The third-order valence-corrected chi connectivity index (χ3v) is 20.2. The summed E-state index contributed by atoms with van der Waals surface area (Å²) in [4.78, 5) is 98.3. The van der Waals surface area contributed by atoms with E-state index in [-0.39, 0.29) is 77.1 Å². The average molecular weight is 1580 g/mol. The van der Waals surface area contributed by atoms with Crippen LogP contribution in [0.5, 0.6) is 28.7 Å². The number of aliphatic hydroxyl groups is 6. The van der Waals surface area contributed by atoms with Crippen molar-refractivity contribution in [1.29, 1.82) is 0 Å². The zero-order chi connectivity index (χ0) is 74.2. The molecule has 4 aromatic carbocycles. The second-order valence-corrected chi connectivity index (χ2v) is 30.2. The van der Waals surface area contributed by atoms with E-state index in [4.69, 9.17) is 55.3 Å². The van der Waals surface area contributed by atoms with Crippen molar-refractivity contribution in [3.8, 4) is 28.7 Å². The molecule has 0 saturated carbocycles. The van der Waals surface area contributed by atoms with Crippen molar-refractivity contribution in [2.24, 2.45) is 0 Å². The number of rotatable bonds is 24. The van der Waals surface area contributed by atoms with E-state index in [9.17, 15) is 74.5 Å². The number of Topliss-reactive ketones (excluding diaryl/α,β-unsaturated/α-hetero) is 1. The highest BCUT2D eigenvalue weighted by Crippen LogP contribution is 2.53. The molecule has 2 aliphatic carbocycles. The molecule has 1 aliphatic heterocycles. The molecule has 39 heteroatoms. The Morgan fingerprint density at radius 3 is 1.83 bits per heavy atom. The summed E-state index contributed by atoms with van der Waals surface area (Å²) in [6, 6.07) is 19.1. The van der Waals surface area contributed by atoms with Crippen LogP contribution in [0.1, 0.15) is 68.8 Å². The topological polar surface area (TPSA) is 440 Å². The third kappa shape index (κ3) is 29.7. The van der Waals surface area contributed by atoms with Crippen LogP contribution in [-0.4, -0.2) is 216 Å². The van der Waals surface area contributed by atoms with Crippen molar-refractivity contribution < 1.29 is 113 Å². The number of methoxy groups -OCH3 is 1. The largest absolute Gasteiger partial charge is 0.513 e. The first-order valence-electron chi connectivity index (χ1n) is 28.6. The molecule has 9 N–H and O–H groups in total. The molecule has 1 amide bonds. The van der Waals surface area contributed by atoms with Gasteiger partial charge in [-0.2, -0.15) is 12.6 Å². The molecule has 29 nitrogen and oxygen atoms in total. The second-order valence-electron chi connectivity index (χ2n) is 19.0. The van der Waals surface area contributed by atoms with Crippen LogP contribution in [0.2, 0.25) is 0 Å². The van der Waals surface area contributed by atoms with E-state index in [1.54, 1.807) is 77.0 Å². The summed E-state index contributed by atoms with van der Waals surface area (Å²) in [7, 11) is 15.2. The molecular weight excluding hydrogens is 1500 g/mol. The minimum absolute atomic E-state index is 0.0616. The molecule has 3 aliphatic rings. The predicted molar refractivity (Wildman–Crippen MR) is 390 cm³/mol. The van der Waals surface area contributed by atoms with Gasteiger partial charge in [0.25, 0.3) is 11.4 Å². The number of alkyl carbamates (subject to hydrolysis) is 1. The van der Waals surface area contributed by atoms with E-state index in [0.29, 0.717) is 23.9 Å². The van der Waals surface area contributed by atoms with Crippen molar-refractivity contribution in [1.82, 2.24) is 10.3 Å². The standard InChI is InChI=1S/C35H36N2O13S2.C10H11NO5S2.C7H4ClNO4.C3H8OS2.C2H6OS.C2H6S2.CH4O/c1-16-29(40)19(37-34(45)48-10-11-51-52-23-8-3-4-9-36-23)12-24(49-16)50-21-14-35(46,22(39)15-38)13-18-26(21)33(44)28-27(31(18)42)30(41)17-6-5-7-20(47-2)25(17)32(28)43;1-17-18-7-6-15-10(12)16-9-4-2-8(3-5-9)11(13)14;8-7(10)13-6-3-1-5(2-4-6)9(11)12;1-5-6-3-2-4;3-1-2-4;1-3-4-2;1-2/h3-9,16,19,21,24,29,38,40,42,44,46H,10-15H2,1-2H3,(H,37,45);2-5H,6-7H2,1H3;1-4H;4H,2-3H2,1H3;3-4H,1-2H2;1-2H3;2H,1H3/t16-,19-,21-,24-,29+,35-;;;;;;/m0....../s1. The maximum atomic E-state index is 13.9. The Kier molecular flexibility index (Phi) is 44.3. The first-order chi connectivity index (χ1) is 47.3. The maximum Gasteiger partial charge on any atom is 0.513 e. The third-order valence-electron chi connectivity index (χ3n) is 12.8. The number of thiol groups is 1. The van der Waals surface area contributed by atoms with Crippen molar-refractivity contribution in [2.45, 2.75) is 67.5 Å². The summed E-state index contributed by atoms with van der Waals surface area (Å²) in [5, 5.41) is 102. The molecule has 99 heavy (non-hydrogen) atoms. The predicted octanol–water partition coefficient (Wildman–Crippen LogP) is 10.2. The summed E-state index contributed by atoms with van der Waals surface area (Å²) in [5.41, 5.74) is -5.12. The molecule has 5 aromatic rings. The van der Waals surface area contributed by atoms with Crippen LogP contribution in [0, 0.1) is 20.2 Å². The fourth-order valence-electron chi connectivity index (χ4n) is 8.57. The number of fused-ring (bicyclic) bond motifs is 3. The monoisotopic (exact) mass is 1570 g/mol. The van der Waals surface area contributed by atoms with E-state index in [1.807, 2.05) is 24.6 Å². The first-order valence-corrected chi connectivity index (χ1v) is 40.3. The SMILES string of the molecule is CO.COc1cccc2c1C(=O)c1c(O)c3c(c(O)c1C2=O)C[C@@](O)(C(=O)CO)C[C@@H]3O[C@H]1C[C@H](NC(=O)OCCSSc2ccccn2)[C@H](O)[C@H](C)O1.CSSC.CSSCCO.CSSCCOC(=O)Oc1ccc([N+](=O)[O-])cc1.O=C(Cl)Oc1ccc([N+](=O)[O-])cc1.OCCS. The number of carbonyl (C=O) groups is 6. The number of ether oxygens (including phenoxy) is 7. The van der Waals surface area contributed by atoms with E-state index in [1.165, 1.54) is 102 Å². The Morgan fingerprint density at radius 2 is 1.32 bits per heavy atom. The fourth-order valence-corrected chi connectivity index (χ4v) is 12.4. The van der Waals surface area contributed by atoms with Gasteiger partial charge >= 0.3 is 17.7 Å². The lowest BCUT2D eigenvalue weighted by Crippen LogP contribution is -2.56. The number of benzene rings is 4. The smallest absolute Gasteiger partial charge is 0.507 e. The number of nitro groups is 2. The lowest BCUT2D eigenvalue weighted by Gasteiger charge is -2.42. The van der Waals surface area contributed by atoms with Gasteiger partial charge in [0.15, 0.2) is 17.9 Å². The van der Waals surface area contributed by atoms with Gasteiger partial charge in [0.1, 0.15) is 65.3 Å². The Bertz CT molecular complexity index is 3350. The molecule has 546 valence electrons. The number of phenolic OH excluding ortho intramolecular Hbond substituents is 2. The zero-order valence-electron chi connectivity index (χ0n) is 54.0. The van der Waals surface area contributed by atoms with Gasteiger partial charge in [-0.1, -0.05) is 93.8 Å². The number of aromatic hydroxyl groups is 2. The van der Waals surface area contributed by atoms with Gasteiger partial charge in [0.05, 0.1) is 65.1 Å². The van der Waals surface area contributed by atoms with Crippen molar-refractivity contribution in [3.05, 3.63) is 145 Å². The number of aromatic nitrogens is 1. The number of nitrogens with one attached hydrogen (secondary N) is 1. The van der Waals surface area contributed by atoms with Crippen LogP contribution in [0.15, 0.2) is 96.2 Å². The molecular formula is C60H75ClN4O25S9. The molecule has 6 atom stereocenters. The molecule has 1 aromatic heterocycles. The van der Waals surface area contributed by atoms with Crippen LogP contribution < -0.4 is 19.5 Å². The van der Waals surface area contributed by atoms with Crippen LogP contribution in [0.25, 0.3) is 0 Å². The van der Waals surface area contributed by atoms with E-state index in [2.05, 4.69) is 40.2 Å². The summed E-state index contributed by atoms with van der Waals surface area (Å²) in [6.07, 6.45) is 1.94. The molecule has 0 radical (unpaired) electrons. The minimum atomic E-state index is -2.33. The summed E-state index contributed by atoms with van der Waals surface area (Å²) in [5.74, 6) is -1.11. The van der Waals surface area contributed by atoms with Crippen LogP contribution in [0.3, 0.4) is 0 Å². The molecule has 2 heterocycles. The fraction of sp³-hybridized carbons (Fsp3) is 0.417. The summed E-state index contributed by atoms with van der Waals surface area (Å²) in [6.45, 7) is 1.26. The highest BCUT2D eigenvalue weighted by atomic mass is 35.5. The first kappa shape index (κ1) is 89.5. The van der Waals surface area contributed by atoms with Gasteiger partial charge in [0, 0.05) is 108 Å². The highest BCUT2D eigenvalue weighted by Gasteiger charge is 2.50. The minimum Gasteiger partial charge on any atom is -0.507 e. The number of pyridine rings is 1. The van der Waals surface area contributed by atoms with Gasteiger partial charge in [-0.3, -0.25) is 34.6 Å². The quantitative estimate of drug-likeness (QED) is 0.00310. The van der Waals surface area contributed by atoms with Crippen LogP contribution in [-0.2, 0) is 30.2 Å². The Hall–Kier alpha value is -5.63. The number of ketones is 3.